The van der Waals surface area contributed by atoms with Crippen LogP contribution < -0.4 is 5.32 Å². The first-order valence-electron chi connectivity index (χ1n) is 10.8. The Hall–Kier alpha value is 5.47. The van der Waals surface area contributed by atoms with Crippen LogP contribution in [0.15, 0.2) is 0 Å². The summed E-state index contributed by atoms with van der Waals surface area (Å²) in [7, 11) is 1.80. The van der Waals surface area contributed by atoms with E-state index in [1.165, 1.54) is 20.8 Å². The molecule has 0 amide bonds. The first kappa shape index (κ1) is 118. The minimum Gasteiger partial charge on any atom is -0.693 e. The minimum atomic E-state index is 0. The second kappa shape index (κ2) is 146. The predicted octanol–water partition coefficient (Wildman–Crippen LogP) is 9.40. The van der Waals surface area contributed by atoms with Crippen LogP contribution in [0.3, 0.4) is 0 Å². The van der Waals surface area contributed by atoms with Gasteiger partial charge in [0.1, 0.15) is 5.78 Å². The summed E-state index contributed by atoms with van der Waals surface area (Å²) in [6.07, 6.45) is 2.62. The van der Waals surface area contributed by atoms with E-state index in [1.807, 2.05) is 20.8 Å². The topological polar surface area (TPSA) is 145 Å². The summed E-state index contributed by atoms with van der Waals surface area (Å²) in [6, 6.07) is 0. The zero-order chi connectivity index (χ0) is 30.1. The molecule has 0 atom stereocenters. The first-order valence-corrected chi connectivity index (χ1v) is 17.5. The van der Waals surface area contributed by atoms with Crippen LogP contribution in [-0.2, 0) is 183 Å². The van der Waals surface area contributed by atoms with Crippen molar-refractivity contribution in [2.75, 3.05) is 7.05 Å². The van der Waals surface area contributed by atoms with E-state index in [-0.39, 0.29) is 213 Å². The molecule has 0 saturated carbocycles. The van der Waals surface area contributed by atoms with Crippen LogP contribution >= 0.6 is 49.4 Å². The van der Waals surface area contributed by atoms with Gasteiger partial charge >= 0.3 is 0 Å². The van der Waals surface area contributed by atoms with Crippen molar-refractivity contribution < 1.29 is 188 Å². The van der Waals surface area contributed by atoms with Gasteiger partial charge in [-0.15, -0.1) is 25.7 Å². The number of rotatable bonds is 5. The molecule has 0 aliphatic rings. The molecule has 5 N–H and O–H groups in total. The number of halogens is 2. The van der Waals surface area contributed by atoms with E-state index in [9.17, 15) is 19.2 Å². The smallest absolute Gasteiger partial charge is 0.129 e. The molecule has 5 radical (unpaired) electrons. The first-order chi connectivity index (χ1) is 15.9. The van der Waals surface area contributed by atoms with Gasteiger partial charge in [0.2, 0.25) is 0 Å². The molecule has 0 unspecified atom stereocenters. The molecular weight excluding hydrogens is 1170 g/mol. The molecule has 7 nitrogen and oxygen atoms in total. The molecule has 0 aromatic rings. The average Bonchev–Trinajstić information content (AvgIpc) is 2.89. The van der Waals surface area contributed by atoms with E-state index in [2.05, 4.69) is 96.3 Å². The standard InChI is InChI=1S/C4H8NS.C4H8O.3C4H7O.C2H6.2C2H5.2CH3.I2.H2N.H2O.5Y/c1-3-4(6)5-2;4*1-3-4(2)5;3*1-2;;;1-2;;;;;;;/h1,3H2,2H3,(H,5,6);3H2,1-2H3;3*1,3H2,2H3;1-2H3;2*1H2,2H3;2*1H3;;2*1H2;;;;;/q-1;;3*-1;;4*-1;;-1;;;;;;. The maximum Gasteiger partial charge on any atom is 0.129 e. The maximum atomic E-state index is 9.81. The second-order valence-corrected chi connectivity index (χ2v) is 5.33. The largest absolute Gasteiger partial charge is 0.693 e. The fourth-order valence-corrected chi connectivity index (χ4v) is 0.125. The summed E-state index contributed by atoms with van der Waals surface area (Å²) >= 11 is 8.92. The summed E-state index contributed by atoms with van der Waals surface area (Å²) in [4.78, 5) is 39.9. The van der Waals surface area contributed by atoms with Gasteiger partial charge in [0.15, 0.2) is 0 Å². The van der Waals surface area contributed by atoms with Crippen molar-refractivity contribution in [2.45, 2.75) is 94.4 Å². The van der Waals surface area contributed by atoms with Crippen LogP contribution in [0.1, 0.15) is 94.4 Å². The molecule has 0 aliphatic carbocycles. The molecule has 0 aromatic heterocycles. The molecule has 259 valence electrons. The van der Waals surface area contributed by atoms with Crippen molar-refractivity contribution in [2.24, 2.45) is 0 Å². The van der Waals surface area contributed by atoms with Crippen LogP contribution in [0.4, 0.5) is 0 Å². The summed E-state index contributed by atoms with van der Waals surface area (Å²) in [5.41, 5.74) is 0. The molecule has 0 aromatic carbocycles. The van der Waals surface area contributed by atoms with Crippen molar-refractivity contribution >= 4 is 77.6 Å². The van der Waals surface area contributed by atoms with Crippen LogP contribution in [-0.4, -0.2) is 40.6 Å². The van der Waals surface area contributed by atoms with Crippen molar-refractivity contribution in [1.82, 2.24) is 5.32 Å². The molecule has 43 heavy (non-hydrogen) atoms. The number of hydrogen-bond donors (Lipinski definition) is 1. The fourth-order valence-electron chi connectivity index (χ4n) is 0.125. The van der Waals surface area contributed by atoms with Crippen LogP contribution in [0, 0.1) is 56.4 Å². The number of thiocarbonyl (C=S) groups is 1. The van der Waals surface area contributed by atoms with Crippen molar-refractivity contribution in [1.29, 1.82) is 0 Å². The van der Waals surface area contributed by atoms with E-state index < -0.39 is 0 Å². The zero-order valence-electron chi connectivity index (χ0n) is 29.5. The Kier molecular flexibility index (Phi) is 400. The van der Waals surface area contributed by atoms with Gasteiger partial charge in [0.05, 0.1) is 17.3 Å². The van der Waals surface area contributed by atoms with Gasteiger partial charge < -0.3 is 92.5 Å². The Bertz CT molecular complexity index is 362. The second-order valence-electron chi connectivity index (χ2n) is 4.83. The van der Waals surface area contributed by atoms with Crippen molar-refractivity contribution in [3.8, 4) is 0 Å². The average molecular weight is 1240 g/mol. The Morgan fingerprint density at radius 1 is 0.605 bits per heavy atom. The molecule has 0 fully saturated rings. The minimum absolute atomic E-state index is 0. The molecule has 0 heterocycles. The molecule has 0 saturated heterocycles. The molecule has 15 heteroatoms. The van der Waals surface area contributed by atoms with E-state index >= 15 is 0 Å². The quantitative estimate of drug-likeness (QED) is 0.165. The molecular formula is C28H63I2N2O5SY5-9. The summed E-state index contributed by atoms with van der Waals surface area (Å²) in [5, 5.41) is 2.78. The van der Waals surface area contributed by atoms with E-state index in [0.29, 0.717) is 32.1 Å². The number of carbonyl (C=O) groups excluding carboxylic acids is 4. The molecule has 0 spiro atoms. The van der Waals surface area contributed by atoms with E-state index in [4.69, 9.17) is 0 Å². The third-order valence-electron chi connectivity index (χ3n) is 2.06. The van der Waals surface area contributed by atoms with Gasteiger partial charge in [-0.25, -0.2) is 0 Å². The van der Waals surface area contributed by atoms with Crippen molar-refractivity contribution in [3.05, 3.63) is 62.5 Å². The van der Waals surface area contributed by atoms with Crippen molar-refractivity contribution in [3.63, 3.8) is 0 Å². The van der Waals surface area contributed by atoms with Gasteiger partial charge in [-0.1, -0.05) is 33.0 Å². The summed E-state index contributed by atoms with van der Waals surface area (Å²) < 4.78 is 0. The molecule has 0 aliphatic heterocycles. The zero-order valence-corrected chi connectivity index (χ0v) is 48.9. The third-order valence-corrected chi connectivity index (χ3v) is 2.47. The van der Waals surface area contributed by atoms with Gasteiger partial charge in [-0.2, -0.15) is 13.8 Å². The molecule has 0 rings (SSSR count). The number of Topliss-reactive ketones (excluding diaryl/α,β-unsaturated/α-hetero) is 4. The maximum absolute atomic E-state index is 9.81. The van der Waals surface area contributed by atoms with Crippen LogP contribution in [0.25, 0.3) is 6.15 Å². The Morgan fingerprint density at radius 3 is 0.721 bits per heavy atom. The predicted molar refractivity (Wildman–Crippen MR) is 198 cm³/mol. The number of ketones is 4. The number of carbonyl (C=O) groups is 4. The third kappa shape index (κ3) is 322. The summed E-state index contributed by atoms with van der Waals surface area (Å²) in [5.74, 6) is 0.685. The molecule has 0 bridgehead atoms. The number of nitrogens with one attached hydrogen (secondary N) is 1. The Balaban J connectivity index is -0.0000000102. The fraction of sp³-hybridized carbons (Fsp3) is 0.536. The number of nitrogens with two attached hydrogens (primary N) is 1. The van der Waals surface area contributed by atoms with Gasteiger partial charge in [0, 0.05) is 219 Å². The van der Waals surface area contributed by atoms with Gasteiger partial charge in [-0.05, 0) is 27.7 Å². The van der Waals surface area contributed by atoms with E-state index in [1.54, 1.807) is 27.8 Å². The monoisotopic (exact) mass is 1240 g/mol. The Morgan fingerprint density at radius 2 is 0.721 bits per heavy atom. The summed E-state index contributed by atoms with van der Waals surface area (Å²) in [6.45, 7) is 35.6. The number of hydrogen-bond acceptors (Lipinski definition) is 5. The van der Waals surface area contributed by atoms with Gasteiger partial charge in [-0.3, -0.25) is 0 Å². The normalized spacial score (nSPS) is 5.16. The van der Waals surface area contributed by atoms with Crippen LogP contribution in [0.5, 0.6) is 0 Å². The van der Waals surface area contributed by atoms with E-state index in [0.717, 1.165) is 4.99 Å². The SMILES string of the molecule is CC.CCC(C)=O.II.O.[CH2-]C.[CH2-]C.[CH2-]CC(=S)NC.[CH2-]CC(C)=O.[CH2-]CC(C)=O.[CH2-]CC(C)=O.[CH3-].[CH3-].[NH2-].[Y].[Y].[Y].[Y].[Y]. The Labute approximate surface area is 426 Å². The van der Waals surface area contributed by atoms with Crippen LogP contribution in [0.2, 0.25) is 0 Å². The van der Waals surface area contributed by atoms with Gasteiger partial charge in [0.25, 0.3) is 0 Å².